The summed E-state index contributed by atoms with van der Waals surface area (Å²) in [6.45, 7) is 0. The van der Waals surface area contributed by atoms with Crippen molar-refractivity contribution in [3.05, 3.63) is 105 Å². The highest BCUT2D eigenvalue weighted by Crippen LogP contribution is 2.19. The Labute approximate surface area is 151 Å². The maximum Gasteiger partial charge on any atom is 0.286 e. The fourth-order valence-electron chi connectivity index (χ4n) is 2.24. The van der Waals surface area contributed by atoms with E-state index >= 15 is 0 Å². The van der Waals surface area contributed by atoms with Gasteiger partial charge >= 0.3 is 0 Å². The molecule has 0 aliphatic heterocycles. The van der Waals surface area contributed by atoms with Crippen molar-refractivity contribution in [1.29, 1.82) is 0 Å². The first-order chi connectivity index (χ1) is 12.6. The molecule has 0 radical (unpaired) electrons. The molecule has 4 nitrogen and oxygen atoms in total. The molecule has 0 heterocycles. The molecule has 4 heteroatoms. The Bertz CT molecular complexity index is 1060. The topological polar surface area (TPSA) is 69.2 Å². The van der Waals surface area contributed by atoms with Crippen molar-refractivity contribution in [2.24, 2.45) is 0 Å². The average Bonchev–Trinajstić information content (AvgIpc) is 2.67. The van der Waals surface area contributed by atoms with Gasteiger partial charge in [0.25, 0.3) is 5.69 Å². The van der Waals surface area contributed by atoms with Gasteiger partial charge in [0.1, 0.15) is 5.56 Å². The molecule has 3 aromatic carbocycles. The Balaban J connectivity index is 1.92. The number of benzene rings is 3. The van der Waals surface area contributed by atoms with Crippen LogP contribution in [0.2, 0.25) is 0 Å². The monoisotopic (exact) mass is 338 g/mol. The van der Waals surface area contributed by atoms with Crippen LogP contribution in [0.3, 0.4) is 0 Å². The predicted octanol–water partition coefficient (Wildman–Crippen LogP) is 3.98. The number of hydrogen-bond acceptors (Lipinski definition) is 3. The standard InChI is InChI=1S/C22H14N2O2/c23-21-14-10-18(11-15-21)6-7-19-9-13-20(22(16-19)24(25)26)12-8-17-4-2-1-3-5-17/h1-5,9-11,13-16H,23H2. The molecule has 0 bridgehead atoms. The van der Waals surface area contributed by atoms with Crippen LogP contribution in [0.4, 0.5) is 11.4 Å². The molecule has 124 valence electrons. The third-order valence-electron chi connectivity index (χ3n) is 3.57. The van der Waals surface area contributed by atoms with Gasteiger partial charge in [-0.15, -0.1) is 0 Å². The summed E-state index contributed by atoms with van der Waals surface area (Å²) in [5.74, 6) is 11.7. The molecule has 0 aliphatic rings. The van der Waals surface area contributed by atoms with Crippen molar-refractivity contribution in [2.75, 3.05) is 5.73 Å². The van der Waals surface area contributed by atoms with Crippen molar-refractivity contribution < 1.29 is 4.92 Å². The van der Waals surface area contributed by atoms with Crippen LogP contribution in [-0.4, -0.2) is 4.92 Å². The second-order valence-corrected chi connectivity index (χ2v) is 5.48. The van der Waals surface area contributed by atoms with Crippen LogP contribution >= 0.6 is 0 Å². The summed E-state index contributed by atoms with van der Waals surface area (Å²) in [5.41, 5.74) is 8.74. The van der Waals surface area contributed by atoms with Gasteiger partial charge in [0.2, 0.25) is 0 Å². The van der Waals surface area contributed by atoms with Crippen molar-refractivity contribution in [1.82, 2.24) is 0 Å². The molecule has 0 saturated carbocycles. The maximum absolute atomic E-state index is 11.4. The first-order valence-electron chi connectivity index (χ1n) is 7.85. The summed E-state index contributed by atoms with van der Waals surface area (Å²) in [4.78, 5) is 10.9. The average molecular weight is 338 g/mol. The lowest BCUT2D eigenvalue weighted by molar-refractivity contribution is -0.385. The largest absolute Gasteiger partial charge is 0.399 e. The lowest BCUT2D eigenvalue weighted by Crippen LogP contribution is -1.93. The molecule has 0 spiro atoms. The summed E-state index contributed by atoms with van der Waals surface area (Å²) in [6, 6.07) is 21.3. The van der Waals surface area contributed by atoms with Gasteiger partial charge in [-0.1, -0.05) is 41.9 Å². The van der Waals surface area contributed by atoms with E-state index in [9.17, 15) is 10.1 Å². The van der Waals surface area contributed by atoms with Crippen LogP contribution < -0.4 is 5.73 Å². The Morgan fingerprint density at radius 2 is 1.31 bits per heavy atom. The predicted molar refractivity (Wildman–Crippen MR) is 102 cm³/mol. The van der Waals surface area contributed by atoms with Gasteiger partial charge in [0, 0.05) is 28.4 Å². The van der Waals surface area contributed by atoms with Gasteiger partial charge in [0.05, 0.1) is 4.92 Å². The number of nitro groups is 1. The molecule has 0 fully saturated rings. The Morgan fingerprint density at radius 3 is 2.00 bits per heavy atom. The highest BCUT2D eigenvalue weighted by Gasteiger charge is 2.12. The van der Waals surface area contributed by atoms with Gasteiger partial charge in [-0.3, -0.25) is 10.1 Å². The minimum Gasteiger partial charge on any atom is -0.399 e. The zero-order chi connectivity index (χ0) is 18.4. The van der Waals surface area contributed by atoms with E-state index in [-0.39, 0.29) is 5.69 Å². The molecular weight excluding hydrogens is 324 g/mol. The van der Waals surface area contributed by atoms with Gasteiger partial charge in [-0.05, 0) is 48.5 Å². The first-order valence-corrected chi connectivity index (χ1v) is 7.85. The van der Waals surface area contributed by atoms with Crippen molar-refractivity contribution in [3.8, 4) is 23.7 Å². The fraction of sp³-hybridized carbons (Fsp3) is 0. The highest BCUT2D eigenvalue weighted by atomic mass is 16.6. The second kappa shape index (κ2) is 7.70. The van der Waals surface area contributed by atoms with E-state index in [0.29, 0.717) is 16.8 Å². The molecule has 0 amide bonds. The summed E-state index contributed by atoms with van der Waals surface area (Å²) in [7, 11) is 0. The van der Waals surface area contributed by atoms with Gasteiger partial charge in [0.15, 0.2) is 0 Å². The minimum absolute atomic E-state index is 0.0578. The van der Waals surface area contributed by atoms with Crippen LogP contribution in [-0.2, 0) is 0 Å². The molecule has 3 aromatic rings. The zero-order valence-electron chi connectivity index (χ0n) is 13.8. The summed E-state index contributed by atoms with van der Waals surface area (Å²) in [5, 5.41) is 11.4. The Morgan fingerprint density at radius 1 is 0.731 bits per heavy atom. The Kier molecular flexibility index (Phi) is 4.98. The maximum atomic E-state index is 11.4. The van der Waals surface area contributed by atoms with E-state index in [1.165, 1.54) is 6.07 Å². The number of nitrogen functional groups attached to an aromatic ring is 1. The number of nitrogens with two attached hydrogens (primary N) is 1. The zero-order valence-corrected chi connectivity index (χ0v) is 13.8. The number of rotatable bonds is 1. The molecular formula is C22H14N2O2. The summed E-state index contributed by atoms with van der Waals surface area (Å²) in [6.07, 6.45) is 0. The van der Waals surface area contributed by atoms with Crippen LogP contribution in [0, 0.1) is 33.8 Å². The lowest BCUT2D eigenvalue weighted by atomic mass is 10.1. The van der Waals surface area contributed by atoms with Crippen LogP contribution in [0.5, 0.6) is 0 Å². The molecule has 0 saturated heterocycles. The molecule has 2 N–H and O–H groups in total. The van der Waals surface area contributed by atoms with E-state index < -0.39 is 4.92 Å². The minimum atomic E-state index is -0.441. The fourth-order valence-corrected chi connectivity index (χ4v) is 2.24. The Hall–Kier alpha value is -4.02. The molecule has 0 atom stereocenters. The van der Waals surface area contributed by atoms with Gasteiger partial charge < -0.3 is 5.73 Å². The third kappa shape index (κ3) is 4.29. The smallest absolute Gasteiger partial charge is 0.286 e. The molecule has 3 rings (SSSR count). The summed E-state index contributed by atoms with van der Waals surface area (Å²) >= 11 is 0. The number of nitrogens with zero attached hydrogens (tertiary/aromatic N) is 1. The van der Waals surface area contributed by atoms with E-state index in [4.69, 9.17) is 5.73 Å². The molecule has 0 aromatic heterocycles. The van der Waals surface area contributed by atoms with Crippen molar-refractivity contribution >= 4 is 11.4 Å². The summed E-state index contributed by atoms with van der Waals surface area (Å²) < 4.78 is 0. The quantitative estimate of drug-likeness (QED) is 0.316. The number of nitro benzene ring substituents is 1. The molecule has 26 heavy (non-hydrogen) atoms. The second-order valence-electron chi connectivity index (χ2n) is 5.48. The van der Waals surface area contributed by atoms with Gasteiger partial charge in [-0.2, -0.15) is 0 Å². The van der Waals surface area contributed by atoms with Gasteiger partial charge in [-0.25, -0.2) is 0 Å². The van der Waals surface area contributed by atoms with E-state index in [0.717, 1.165) is 11.1 Å². The van der Waals surface area contributed by atoms with Crippen molar-refractivity contribution in [2.45, 2.75) is 0 Å². The number of anilines is 1. The van der Waals surface area contributed by atoms with E-state index in [2.05, 4.69) is 23.7 Å². The number of hydrogen-bond donors (Lipinski definition) is 1. The van der Waals surface area contributed by atoms with E-state index in [1.54, 1.807) is 36.4 Å². The highest BCUT2D eigenvalue weighted by molar-refractivity contribution is 5.58. The lowest BCUT2D eigenvalue weighted by Gasteiger charge is -1.97. The van der Waals surface area contributed by atoms with Crippen molar-refractivity contribution in [3.63, 3.8) is 0 Å². The SMILES string of the molecule is Nc1ccc(C#Cc2ccc(C#Cc3ccccc3)c([N+](=O)[O-])c2)cc1. The van der Waals surface area contributed by atoms with E-state index in [1.807, 2.05) is 30.3 Å². The molecule has 0 unspecified atom stereocenters. The third-order valence-corrected chi connectivity index (χ3v) is 3.57. The normalized spacial score (nSPS) is 9.38. The van der Waals surface area contributed by atoms with Crippen LogP contribution in [0.15, 0.2) is 72.8 Å². The first kappa shape index (κ1) is 16.8. The van der Waals surface area contributed by atoms with Crippen LogP contribution in [0.1, 0.15) is 22.3 Å². The van der Waals surface area contributed by atoms with Crippen LogP contribution in [0.25, 0.3) is 0 Å². The molecule has 0 aliphatic carbocycles.